The predicted molar refractivity (Wildman–Crippen MR) is 54.4 cm³/mol. The van der Waals surface area contributed by atoms with Crippen molar-refractivity contribution in [3.8, 4) is 0 Å². The van der Waals surface area contributed by atoms with Crippen LogP contribution in [0.3, 0.4) is 0 Å². The zero-order valence-electron chi connectivity index (χ0n) is 8.45. The minimum atomic E-state index is -0.764. The Morgan fingerprint density at radius 1 is 1.36 bits per heavy atom. The molecule has 14 heavy (non-hydrogen) atoms. The van der Waals surface area contributed by atoms with Crippen molar-refractivity contribution in [2.75, 3.05) is 32.3 Å². The van der Waals surface area contributed by atoms with Crippen molar-refractivity contribution >= 4 is 11.6 Å². The molecule has 0 saturated heterocycles. The zero-order chi connectivity index (χ0) is 11.0. The number of ether oxygens (including phenoxy) is 1. The highest BCUT2D eigenvalue weighted by Gasteiger charge is 2.28. The largest absolute Gasteiger partial charge is 0.396 e. The highest BCUT2D eigenvalue weighted by Crippen LogP contribution is 2.18. The number of halogens is 1. The van der Waals surface area contributed by atoms with Crippen LogP contribution in [0.15, 0.2) is 0 Å². The topological polar surface area (TPSA) is 69.9 Å². The average Bonchev–Trinajstić information content (AvgIpc) is 2.19. The molecule has 1 unspecified atom stereocenters. The van der Waals surface area contributed by atoms with Gasteiger partial charge in [-0.25, -0.2) is 0 Å². The lowest BCUT2D eigenvalue weighted by molar-refractivity contribution is -0.0203. The van der Waals surface area contributed by atoms with Crippen LogP contribution in [0.4, 0.5) is 0 Å². The summed E-state index contributed by atoms with van der Waals surface area (Å²) in [5.41, 5.74) is -0.764. The lowest BCUT2D eigenvalue weighted by Gasteiger charge is -2.26. The van der Waals surface area contributed by atoms with Crippen LogP contribution in [0, 0.1) is 5.41 Å². The van der Waals surface area contributed by atoms with Gasteiger partial charge in [0.2, 0.25) is 0 Å². The van der Waals surface area contributed by atoms with Gasteiger partial charge in [0, 0.05) is 12.5 Å². The van der Waals surface area contributed by atoms with Crippen LogP contribution in [-0.2, 0) is 4.74 Å². The molecule has 0 amide bonds. The van der Waals surface area contributed by atoms with Crippen molar-refractivity contribution in [1.29, 1.82) is 0 Å². The molecule has 0 aliphatic heterocycles. The van der Waals surface area contributed by atoms with E-state index in [4.69, 9.17) is 31.7 Å². The molecule has 0 radical (unpaired) electrons. The summed E-state index contributed by atoms with van der Waals surface area (Å²) in [6, 6.07) is 0. The summed E-state index contributed by atoms with van der Waals surface area (Å²) < 4.78 is 5.22. The van der Waals surface area contributed by atoms with E-state index >= 15 is 0 Å². The van der Waals surface area contributed by atoms with E-state index in [1.165, 1.54) is 0 Å². The molecule has 0 aromatic carbocycles. The van der Waals surface area contributed by atoms with Gasteiger partial charge >= 0.3 is 0 Å². The molecule has 5 heteroatoms. The summed E-state index contributed by atoms with van der Waals surface area (Å²) >= 11 is 5.62. The molecule has 0 spiro atoms. The Bertz CT molecular complexity index is 129. The van der Waals surface area contributed by atoms with Gasteiger partial charge < -0.3 is 20.1 Å². The second kappa shape index (κ2) is 7.43. The Kier molecular flexibility index (Phi) is 7.49. The van der Waals surface area contributed by atoms with Gasteiger partial charge in [-0.05, 0) is 13.3 Å². The van der Waals surface area contributed by atoms with Crippen LogP contribution in [-0.4, -0.2) is 53.7 Å². The quantitative estimate of drug-likeness (QED) is 0.402. The first kappa shape index (κ1) is 14.1. The van der Waals surface area contributed by atoms with Crippen molar-refractivity contribution < 1.29 is 20.1 Å². The van der Waals surface area contributed by atoms with Crippen LogP contribution in [0.25, 0.3) is 0 Å². The maximum atomic E-state index is 9.01. The van der Waals surface area contributed by atoms with E-state index in [0.717, 1.165) is 0 Å². The Hall–Kier alpha value is 0.130. The molecule has 0 aromatic heterocycles. The first-order valence-electron chi connectivity index (χ1n) is 4.64. The summed E-state index contributed by atoms with van der Waals surface area (Å²) in [5, 5.41) is 27.0. The predicted octanol–water partition coefficient (Wildman–Crippen LogP) is -0.0163. The Morgan fingerprint density at radius 3 is 2.29 bits per heavy atom. The number of hydrogen-bond acceptors (Lipinski definition) is 4. The fourth-order valence-corrected chi connectivity index (χ4v) is 1.05. The second-order valence-corrected chi connectivity index (χ2v) is 3.91. The molecular weight excluding hydrogens is 208 g/mol. The van der Waals surface area contributed by atoms with Gasteiger partial charge in [-0.3, -0.25) is 0 Å². The van der Waals surface area contributed by atoms with E-state index < -0.39 is 11.5 Å². The van der Waals surface area contributed by atoms with E-state index in [1.54, 1.807) is 6.92 Å². The maximum absolute atomic E-state index is 9.01. The van der Waals surface area contributed by atoms with Gasteiger partial charge in [0.1, 0.15) is 0 Å². The minimum absolute atomic E-state index is 0.147. The van der Waals surface area contributed by atoms with Crippen molar-refractivity contribution in [2.24, 2.45) is 5.41 Å². The lowest BCUT2D eigenvalue weighted by Crippen LogP contribution is -2.37. The van der Waals surface area contributed by atoms with E-state index in [1.807, 2.05) is 0 Å². The standard InChI is InChI=1S/C9H19ClO4/c1-8(13)2-3-14-7-9(4-10,5-11)6-12/h8,11-13H,2-7H2,1H3. The third kappa shape index (κ3) is 5.12. The molecule has 0 saturated carbocycles. The summed E-state index contributed by atoms with van der Waals surface area (Å²) in [6.45, 7) is 1.87. The third-order valence-corrected chi connectivity index (χ3v) is 2.61. The van der Waals surface area contributed by atoms with E-state index in [2.05, 4.69) is 0 Å². The SMILES string of the molecule is CC(O)CCOCC(CO)(CO)CCl. The molecule has 0 rings (SSSR count). The van der Waals surface area contributed by atoms with Gasteiger partial charge in [-0.15, -0.1) is 11.6 Å². The molecule has 0 aromatic rings. The third-order valence-electron chi connectivity index (χ3n) is 2.04. The van der Waals surface area contributed by atoms with Crippen LogP contribution in [0.1, 0.15) is 13.3 Å². The van der Waals surface area contributed by atoms with Crippen LogP contribution < -0.4 is 0 Å². The molecule has 1 atom stereocenters. The maximum Gasteiger partial charge on any atom is 0.0578 e. The fraction of sp³-hybridized carbons (Fsp3) is 1.00. The molecule has 0 bridgehead atoms. The molecule has 4 nitrogen and oxygen atoms in total. The highest BCUT2D eigenvalue weighted by molar-refractivity contribution is 6.18. The Balaban J connectivity index is 3.71. The smallest absolute Gasteiger partial charge is 0.0578 e. The first-order chi connectivity index (χ1) is 6.60. The average molecular weight is 227 g/mol. The van der Waals surface area contributed by atoms with Crippen LogP contribution in [0.5, 0.6) is 0 Å². The molecule has 0 heterocycles. The molecule has 0 aliphatic carbocycles. The monoisotopic (exact) mass is 226 g/mol. The first-order valence-corrected chi connectivity index (χ1v) is 5.17. The number of aliphatic hydroxyl groups is 3. The zero-order valence-corrected chi connectivity index (χ0v) is 9.20. The summed E-state index contributed by atoms with van der Waals surface area (Å²) in [6.07, 6.45) is 0.138. The number of alkyl halides is 1. The van der Waals surface area contributed by atoms with Crippen molar-refractivity contribution in [2.45, 2.75) is 19.4 Å². The van der Waals surface area contributed by atoms with Gasteiger partial charge in [-0.1, -0.05) is 0 Å². The van der Waals surface area contributed by atoms with Crippen molar-refractivity contribution in [1.82, 2.24) is 0 Å². The minimum Gasteiger partial charge on any atom is -0.396 e. The molecule has 0 fully saturated rings. The van der Waals surface area contributed by atoms with Gasteiger partial charge in [-0.2, -0.15) is 0 Å². The van der Waals surface area contributed by atoms with E-state index in [9.17, 15) is 0 Å². The Morgan fingerprint density at radius 2 is 1.93 bits per heavy atom. The highest BCUT2D eigenvalue weighted by atomic mass is 35.5. The number of rotatable bonds is 8. The van der Waals surface area contributed by atoms with Crippen molar-refractivity contribution in [3.63, 3.8) is 0 Å². The van der Waals surface area contributed by atoms with Crippen LogP contribution in [0.2, 0.25) is 0 Å². The second-order valence-electron chi connectivity index (χ2n) is 3.64. The normalized spacial score (nSPS) is 14.4. The Labute approximate surface area is 89.5 Å². The lowest BCUT2D eigenvalue weighted by atomic mass is 9.94. The number of hydrogen-bond donors (Lipinski definition) is 3. The molecule has 3 N–H and O–H groups in total. The van der Waals surface area contributed by atoms with Gasteiger partial charge in [0.05, 0.1) is 31.3 Å². The van der Waals surface area contributed by atoms with E-state index in [0.29, 0.717) is 13.0 Å². The van der Waals surface area contributed by atoms with Gasteiger partial charge in [0.25, 0.3) is 0 Å². The molecule has 86 valence electrons. The van der Waals surface area contributed by atoms with Crippen LogP contribution >= 0.6 is 11.6 Å². The molecule has 0 aliphatic rings. The van der Waals surface area contributed by atoms with Crippen molar-refractivity contribution in [3.05, 3.63) is 0 Å². The van der Waals surface area contributed by atoms with Gasteiger partial charge in [0.15, 0.2) is 0 Å². The summed E-state index contributed by atoms with van der Waals surface area (Å²) in [5.74, 6) is 0.147. The number of aliphatic hydroxyl groups excluding tert-OH is 3. The summed E-state index contributed by atoms with van der Waals surface area (Å²) in [7, 11) is 0. The summed E-state index contributed by atoms with van der Waals surface area (Å²) in [4.78, 5) is 0. The van der Waals surface area contributed by atoms with E-state index in [-0.39, 0.29) is 25.7 Å². The fourth-order valence-electron chi connectivity index (χ4n) is 0.807. The molecular formula is C9H19ClO4.